The van der Waals surface area contributed by atoms with E-state index in [-0.39, 0.29) is 0 Å². The van der Waals surface area contributed by atoms with Gasteiger partial charge in [0.05, 0.1) is 0 Å². The molecular weight excluding hydrogens is 1030 g/mol. The Hall–Kier alpha value is -9.96. The minimum absolute atomic E-state index is 1.24. The molecule has 0 saturated heterocycles. The highest BCUT2D eigenvalue weighted by molar-refractivity contribution is 7.19. The van der Waals surface area contributed by atoms with Gasteiger partial charge in [0, 0.05) is 19.5 Å². The molecule has 0 radical (unpaired) electrons. The van der Waals surface area contributed by atoms with Gasteiger partial charge in [0.1, 0.15) is 0 Å². The van der Waals surface area contributed by atoms with Crippen LogP contribution in [0.5, 0.6) is 0 Å². The van der Waals surface area contributed by atoms with E-state index < -0.39 is 0 Å². The first-order chi connectivity index (χ1) is 40.7. The van der Waals surface area contributed by atoms with Gasteiger partial charge in [-0.05, 0) is 174 Å². The molecule has 0 aliphatic rings. The lowest BCUT2D eigenvalue weighted by Crippen LogP contribution is -1.91. The summed E-state index contributed by atoms with van der Waals surface area (Å²) in [5.41, 5.74) is 15.2. The summed E-state index contributed by atoms with van der Waals surface area (Å²) in [5, 5.41) is 15.3. The zero-order valence-corrected chi connectivity index (χ0v) is 46.5. The third-order valence-electron chi connectivity index (χ3n) is 16.2. The molecular formula is C80H52S2. The van der Waals surface area contributed by atoms with Gasteiger partial charge in [-0.15, -0.1) is 22.7 Å². The molecule has 82 heavy (non-hydrogen) atoms. The van der Waals surface area contributed by atoms with E-state index in [1.165, 1.54) is 151 Å². The minimum Gasteiger partial charge on any atom is -0.135 e. The Morgan fingerprint density at radius 3 is 0.915 bits per heavy atom. The van der Waals surface area contributed by atoms with Crippen molar-refractivity contribution in [2.45, 2.75) is 0 Å². The number of hydrogen-bond donors (Lipinski definition) is 0. The average molecular weight is 1080 g/mol. The van der Waals surface area contributed by atoms with Crippen LogP contribution in [-0.2, 0) is 0 Å². The minimum atomic E-state index is 1.24. The van der Waals surface area contributed by atoms with Crippen molar-refractivity contribution in [1.29, 1.82) is 0 Å². The van der Waals surface area contributed by atoms with E-state index in [4.69, 9.17) is 0 Å². The summed E-state index contributed by atoms with van der Waals surface area (Å²) in [4.78, 5) is 5.15. The molecule has 0 fully saturated rings. The molecule has 384 valence electrons. The molecule has 0 unspecified atom stereocenters. The van der Waals surface area contributed by atoms with Gasteiger partial charge in [0.25, 0.3) is 0 Å². The Morgan fingerprint density at radius 1 is 0.159 bits per heavy atom. The molecule has 0 N–H and O–H groups in total. The predicted octanol–water partition coefficient (Wildman–Crippen LogP) is 23.8. The first-order valence-corrected chi connectivity index (χ1v) is 29.7. The number of hydrogen-bond acceptors (Lipinski definition) is 2. The Morgan fingerprint density at radius 2 is 0.463 bits per heavy atom. The first-order valence-electron chi connectivity index (χ1n) is 28.0. The van der Waals surface area contributed by atoms with E-state index >= 15 is 0 Å². The number of thiophene rings is 2. The van der Waals surface area contributed by atoms with Gasteiger partial charge < -0.3 is 0 Å². The van der Waals surface area contributed by atoms with Gasteiger partial charge in [-0.25, -0.2) is 0 Å². The van der Waals surface area contributed by atoms with Gasteiger partial charge in [-0.2, -0.15) is 0 Å². The SMILES string of the molecule is c1ccc(-c2ccc(-c3cccc(-c4c5ccccc5c(-c5ccc6ccccc6c5)c5ccccc45)c3)s2)cc1.c1ccc(-c2ccc(-c3cccc(-c4c5ccccc5c(-c5cccc6ccccc56)c5ccccc45)c3)s2)cc1. The highest BCUT2D eigenvalue weighted by Gasteiger charge is 2.20. The van der Waals surface area contributed by atoms with E-state index in [1.54, 1.807) is 0 Å². The Bertz CT molecular complexity index is 4920. The van der Waals surface area contributed by atoms with Gasteiger partial charge >= 0.3 is 0 Å². The molecule has 0 bridgehead atoms. The molecule has 0 atom stereocenters. The van der Waals surface area contributed by atoms with Gasteiger partial charge in [-0.3, -0.25) is 0 Å². The summed E-state index contributed by atoms with van der Waals surface area (Å²) in [6.07, 6.45) is 0. The topological polar surface area (TPSA) is 0 Å². The summed E-state index contributed by atoms with van der Waals surface area (Å²) >= 11 is 3.70. The number of benzene rings is 14. The van der Waals surface area contributed by atoms with Crippen LogP contribution >= 0.6 is 22.7 Å². The third kappa shape index (κ3) is 8.96. The number of fused-ring (bicyclic) bond motifs is 6. The molecule has 0 amide bonds. The normalized spacial score (nSPS) is 11.4. The molecule has 0 saturated carbocycles. The molecule has 2 aromatic heterocycles. The van der Waals surface area contributed by atoms with Crippen LogP contribution in [0.15, 0.2) is 315 Å². The molecule has 0 nitrogen and oxygen atoms in total. The van der Waals surface area contributed by atoms with Crippen molar-refractivity contribution < 1.29 is 0 Å². The van der Waals surface area contributed by atoms with E-state index in [2.05, 4.69) is 315 Å². The predicted molar refractivity (Wildman–Crippen MR) is 357 cm³/mol. The molecule has 0 aliphatic carbocycles. The molecule has 2 heteroatoms. The van der Waals surface area contributed by atoms with Gasteiger partial charge in [-0.1, -0.05) is 273 Å². The lowest BCUT2D eigenvalue weighted by molar-refractivity contribution is 1.65. The van der Waals surface area contributed by atoms with Crippen LogP contribution < -0.4 is 0 Å². The second-order valence-corrected chi connectivity index (χ2v) is 23.2. The van der Waals surface area contributed by atoms with Crippen LogP contribution in [0.1, 0.15) is 0 Å². The van der Waals surface area contributed by atoms with Crippen molar-refractivity contribution in [1.82, 2.24) is 0 Å². The van der Waals surface area contributed by atoms with E-state index in [0.717, 1.165) is 0 Å². The van der Waals surface area contributed by atoms with E-state index in [0.29, 0.717) is 0 Å². The molecule has 16 rings (SSSR count). The summed E-state index contributed by atoms with van der Waals surface area (Å²) in [5.74, 6) is 0. The van der Waals surface area contributed by atoms with Crippen molar-refractivity contribution in [2.24, 2.45) is 0 Å². The quantitative estimate of drug-likeness (QED) is 0.133. The third-order valence-corrected chi connectivity index (χ3v) is 18.5. The zero-order chi connectivity index (χ0) is 54.3. The molecule has 14 aromatic carbocycles. The van der Waals surface area contributed by atoms with E-state index in [1.807, 2.05) is 22.7 Å². The Labute approximate surface area is 485 Å². The maximum absolute atomic E-state index is 2.37. The standard InChI is InChI=1S/2C40H26S/c1-2-13-28(14-3-1)37-24-25-38(41-37)29-16-10-17-30(26-29)39-33-19-6-8-21-35(33)40(36-22-9-7-20-34(36)39)32-23-11-15-27-12-4-5-18-31(27)32;1-2-12-28(13-3-1)37-23-24-38(41-37)30-15-10-16-31(26-30)39-33-17-6-8-19-35(33)40(36-20-9-7-18-34(36)39)32-22-21-27-11-4-5-14-29(27)25-32/h2*1-26H. The van der Waals surface area contributed by atoms with Crippen LogP contribution in [0.4, 0.5) is 0 Å². The summed E-state index contributed by atoms with van der Waals surface area (Å²) in [6, 6.07) is 115. The molecule has 0 spiro atoms. The molecule has 2 heterocycles. The van der Waals surface area contributed by atoms with Crippen LogP contribution in [0.2, 0.25) is 0 Å². The van der Waals surface area contributed by atoms with Crippen molar-refractivity contribution in [3.8, 4) is 86.3 Å². The van der Waals surface area contributed by atoms with Crippen LogP contribution in [0, 0.1) is 0 Å². The fourth-order valence-corrected chi connectivity index (χ4v) is 14.4. The monoisotopic (exact) mass is 1080 g/mol. The second kappa shape index (κ2) is 21.3. The van der Waals surface area contributed by atoms with Crippen molar-refractivity contribution >= 4 is 87.3 Å². The second-order valence-electron chi connectivity index (χ2n) is 21.0. The highest BCUT2D eigenvalue weighted by atomic mass is 32.1. The molecule has 16 aromatic rings. The van der Waals surface area contributed by atoms with Crippen molar-refractivity contribution in [2.75, 3.05) is 0 Å². The first kappa shape index (κ1) is 49.1. The maximum Gasteiger partial charge on any atom is 0.0349 e. The van der Waals surface area contributed by atoms with Crippen molar-refractivity contribution in [3.63, 3.8) is 0 Å². The lowest BCUT2D eigenvalue weighted by Gasteiger charge is -2.19. The highest BCUT2D eigenvalue weighted by Crippen LogP contribution is 2.48. The maximum atomic E-state index is 2.37. The van der Waals surface area contributed by atoms with Crippen LogP contribution in [0.3, 0.4) is 0 Å². The van der Waals surface area contributed by atoms with Crippen LogP contribution in [-0.4, -0.2) is 0 Å². The number of rotatable bonds is 8. The van der Waals surface area contributed by atoms with E-state index in [9.17, 15) is 0 Å². The zero-order valence-electron chi connectivity index (χ0n) is 44.8. The van der Waals surface area contributed by atoms with Crippen molar-refractivity contribution in [3.05, 3.63) is 315 Å². The fraction of sp³-hybridized carbons (Fsp3) is 0. The Kier molecular flexibility index (Phi) is 12.7. The Balaban J connectivity index is 0.000000140. The largest absolute Gasteiger partial charge is 0.135 e. The fourth-order valence-electron chi connectivity index (χ4n) is 12.4. The smallest absolute Gasteiger partial charge is 0.0349 e. The van der Waals surface area contributed by atoms with Gasteiger partial charge in [0.15, 0.2) is 0 Å². The average Bonchev–Trinajstić information content (AvgIpc) is 4.43. The molecule has 0 aliphatic heterocycles. The lowest BCUT2D eigenvalue weighted by atomic mass is 9.84. The summed E-state index contributed by atoms with van der Waals surface area (Å²) in [6.45, 7) is 0. The van der Waals surface area contributed by atoms with Gasteiger partial charge in [0.2, 0.25) is 0 Å². The summed E-state index contributed by atoms with van der Waals surface area (Å²) in [7, 11) is 0. The summed E-state index contributed by atoms with van der Waals surface area (Å²) < 4.78 is 0. The van der Waals surface area contributed by atoms with Crippen LogP contribution in [0.25, 0.3) is 151 Å².